The van der Waals surface area contributed by atoms with Gasteiger partial charge in [0.2, 0.25) is 0 Å². The van der Waals surface area contributed by atoms with Gasteiger partial charge < -0.3 is 25.5 Å². The zero-order valence-electron chi connectivity index (χ0n) is 11.9. The number of nitrogens with zero attached hydrogens (tertiary/aromatic N) is 1. The van der Waals surface area contributed by atoms with E-state index in [1.165, 1.54) is 0 Å². The zero-order chi connectivity index (χ0) is 16.7. The molecule has 0 heterocycles. The number of nitrogens with one attached hydrogen (secondary N) is 1. The van der Waals surface area contributed by atoms with Gasteiger partial charge in [0.25, 0.3) is 0 Å². The van der Waals surface area contributed by atoms with Crippen LogP contribution < -0.4 is 4.83 Å². The van der Waals surface area contributed by atoms with Gasteiger partial charge in [0, 0.05) is 0 Å². The normalized spacial score (nSPS) is 18.6. The minimum Gasteiger partial charge on any atom is -0.394 e. The maximum atomic E-state index is 11.8. The molecule has 22 heavy (non-hydrogen) atoms. The lowest BCUT2D eigenvalue weighted by atomic mass is 10.0. The third kappa shape index (κ3) is 5.44. The van der Waals surface area contributed by atoms with Gasteiger partial charge in [0.05, 0.1) is 17.7 Å². The van der Waals surface area contributed by atoms with E-state index in [1.807, 2.05) is 6.92 Å². The van der Waals surface area contributed by atoms with Crippen molar-refractivity contribution >= 4 is 17.2 Å². The molecule has 0 aliphatic carbocycles. The molecule has 1 rings (SSSR count). The van der Waals surface area contributed by atoms with Crippen molar-refractivity contribution in [3.05, 3.63) is 29.8 Å². The second-order valence-corrected chi connectivity index (χ2v) is 5.86. The van der Waals surface area contributed by atoms with Crippen LogP contribution in [0.2, 0.25) is 0 Å². The third-order valence-corrected chi connectivity index (χ3v) is 3.85. The van der Waals surface area contributed by atoms with E-state index in [0.717, 1.165) is 11.8 Å². The Morgan fingerprint density at radius 2 is 1.77 bits per heavy atom. The minimum absolute atomic E-state index is 0.480. The average molecular weight is 332 g/mol. The Hall–Kier alpha value is -1.36. The van der Waals surface area contributed by atoms with Crippen LogP contribution in [0.25, 0.3) is 0 Å². The molecule has 0 amide bonds. The number of aryl methyl sites for hydroxylation is 1. The van der Waals surface area contributed by atoms with Gasteiger partial charge in [0.1, 0.15) is 24.4 Å². The number of hydrogen-bond acceptors (Lipinski definition) is 7. The molecule has 0 bridgehead atoms. The van der Waals surface area contributed by atoms with Gasteiger partial charge in [-0.05, 0) is 19.1 Å². The number of benzene rings is 1. The van der Waals surface area contributed by atoms with Gasteiger partial charge in [-0.2, -0.15) is 5.10 Å². The maximum absolute atomic E-state index is 11.8. The predicted molar refractivity (Wildman–Crippen MR) is 80.3 cm³/mol. The van der Waals surface area contributed by atoms with Crippen molar-refractivity contribution < 1.29 is 29.7 Å². The molecular formula is C13H20N2O6S. The number of hydrogen-bond donors (Lipinski definition) is 6. The molecule has 0 fully saturated rings. The summed E-state index contributed by atoms with van der Waals surface area (Å²) < 4.78 is 11.8. The molecule has 0 aliphatic rings. The Morgan fingerprint density at radius 1 is 1.18 bits per heavy atom. The van der Waals surface area contributed by atoms with E-state index in [0.29, 0.717) is 4.90 Å². The first-order valence-electron chi connectivity index (χ1n) is 6.47. The van der Waals surface area contributed by atoms with Crippen molar-refractivity contribution in [3.8, 4) is 0 Å². The van der Waals surface area contributed by atoms with Gasteiger partial charge in [-0.3, -0.25) is 0 Å². The van der Waals surface area contributed by atoms with E-state index in [1.54, 1.807) is 24.3 Å². The van der Waals surface area contributed by atoms with E-state index in [4.69, 9.17) is 10.2 Å². The molecule has 5 atom stereocenters. The van der Waals surface area contributed by atoms with E-state index < -0.39 is 42.0 Å². The molecule has 8 nitrogen and oxygen atoms in total. The fourth-order valence-corrected chi connectivity index (χ4v) is 2.14. The highest BCUT2D eigenvalue weighted by atomic mass is 32.2. The van der Waals surface area contributed by atoms with E-state index in [2.05, 4.69) is 9.93 Å². The Bertz CT molecular complexity index is 510. The van der Waals surface area contributed by atoms with Gasteiger partial charge in [-0.1, -0.05) is 17.7 Å². The van der Waals surface area contributed by atoms with Gasteiger partial charge in [-0.15, -0.1) is 0 Å². The molecule has 0 saturated heterocycles. The Kier molecular flexibility index (Phi) is 7.59. The van der Waals surface area contributed by atoms with Crippen molar-refractivity contribution in [2.24, 2.45) is 5.10 Å². The summed E-state index contributed by atoms with van der Waals surface area (Å²) in [4.78, 5) is 2.74. The summed E-state index contributed by atoms with van der Waals surface area (Å²) >= 11 is 0. The number of hydrazone groups is 1. The molecule has 0 aromatic heterocycles. The van der Waals surface area contributed by atoms with Crippen molar-refractivity contribution in [2.75, 3.05) is 6.61 Å². The Balaban J connectivity index is 2.54. The lowest BCUT2D eigenvalue weighted by Gasteiger charge is -2.23. The molecule has 1 aromatic carbocycles. The summed E-state index contributed by atoms with van der Waals surface area (Å²) in [5, 5.41) is 49.8. The molecule has 9 heteroatoms. The largest absolute Gasteiger partial charge is 0.394 e. The summed E-state index contributed by atoms with van der Waals surface area (Å²) in [6.45, 7) is 1.12. The van der Waals surface area contributed by atoms with E-state index >= 15 is 0 Å². The molecule has 0 radical (unpaired) electrons. The molecular weight excluding hydrogens is 312 g/mol. The Labute approximate surface area is 130 Å². The Morgan fingerprint density at radius 3 is 2.32 bits per heavy atom. The molecule has 0 spiro atoms. The SMILES string of the molecule is Cc1ccc(S(=O)N/N=C/C(O)C(O)C(O)C(O)CO)cc1. The van der Waals surface area contributed by atoms with Gasteiger partial charge >= 0.3 is 0 Å². The van der Waals surface area contributed by atoms with Crippen LogP contribution in [0.15, 0.2) is 34.3 Å². The average Bonchev–Trinajstić information content (AvgIpc) is 2.52. The number of rotatable bonds is 8. The highest BCUT2D eigenvalue weighted by molar-refractivity contribution is 7.83. The fourth-order valence-electron chi connectivity index (χ4n) is 1.50. The molecule has 0 aliphatic heterocycles. The minimum atomic E-state index is -1.75. The van der Waals surface area contributed by atoms with Crippen molar-refractivity contribution in [1.82, 2.24) is 4.83 Å². The van der Waals surface area contributed by atoms with Crippen LogP contribution in [0.1, 0.15) is 5.56 Å². The first kappa shape index (κ1) is 18.7. The highest BCUT2D eigenvalue weighted by Crippen LogP contribution is 2.07. The molecule has 5 unspecified atom stereocenters. The van der Waals surface area contributed by atoms with Crippen LogP contribution >= 0.6 is 0 Å². The summed E-state index contributed by atoms with van der Waals surface area (Å²) in [5.74, 6) is 0. The highest BCUT2D eigenvalue weighted by Gasteiger charge is 2.29. The number of aliphatic hydroxyl groups is 5. The van der Waals surface area contributed by atoms with E-state index in [9.17, 15) is 19.5 Å². The van der Waals surface area contributed by atoms with Crippen LogP contribution in [0.3, 0.4) is 0 Å². The zero-order valence-corrected chi connectivity index (χ0v) is 12.7. The maximum Gasteiger partial charge on any atom is 0.166 e. The second kappa shape index (κ2) is 8.93. The topological polar surface area (TPSA) is 143 Å². The first-order valence-corrected chi connectivity index (χ1v) is 7.62. The van der Waals surface area contributed by atoms with Gasteiger partial charge in [0.15, 0.2) is 11.0 Å². The molecule has 0 saturated carbocycles. The number of aliphatic hydroxyl groups excluding tert-OH is 5. The first-order chi connectivity index (χ1) is 10.4. The predicted octanol–water partition coefficient (Wildman–Crippen LogP) is -1.97. The summed E-state index contributed by atoms with van der Waals surface area (Å²) in [5.41, 5.74) is 1.01. The second-order valence-electron chi connectivity index (χ2n) is 4.67. The van der Waals surface area contributed by atoms with Crippen LogP contribution in [0.4, 0.5) is 0 Å². The molecule has 124 valence electrons. The van der Waals surface area contributed by atoms with E-state index in [-0.39, 0.29) is 0 Å². The molecule has 6 N–H and O–H groups in total. The van der Waals surface area contributed by atoms with Crippen LogP contribution in [0.5, 0.6) is 0 Å². The van der Waals surface area contributed by atoms with Crippen LogP contribution in [0, 0.1) is 6.92 Å². The quantitative estimate of drug-likeness (QED) is 0.241. The molecule has 1 aromatic rings. The van der Waals surface area contributed by atoms with Crippen molar-refractivity contribution in [1.29, 1.82) is 0 Å². The fraction of sp³-hybridized carbons (Fsp3) is 0.462. The van der Waals surface area contributed by atoms with Crippen molar-refractivity contribution in [2.45, 2.75) is 36.2 Å². The lowest BCUT2D eigenvalue weighted by Crippen LogP contribution is -2.46. The summed E-state index contributed by atoms with van der Waals surface area (Å²) in [6, 6.07) is 6.87. The monoisotopic (exact) mass is 332 g/mol. The summed E-state index contributed by atoms with van der Waals surface area (Å²) in [6.07, 6.45) is -5.86. The van der Waals surface area contributed by atoms with Crippen LogP contribution in [-0.4, -0.2) is 67.0 Å². The van der Waals surface area contributed by atoms with Gasteiger partial charge in [-0.25, -0.2) is 9.04 Å². The summed E-state index contributed by atoms with van der Waals surface area (Å²) in [7, 11) is -1.63. The van der Waals surface area contributed by atoms with Crippen LogP contribution in [-0.2, 0) is 11.0 Å². The van der Waals surface area contributed by atoms with Crippen molar-refractivity contribution in [3.63, 3.8) is 0 Å². The lowest BCUT2D eigenvalue weighted by molar-refractivity contribution is -0.0999. The third-order valence-electron chi connectivity index (χ3n) is 2.88. The standard InChI is InChI=1S/C13H20N2O6S/c1-8-2-4-9(5-3-8)22(21)15-14-6-10(17)12(19)13(20)11(18)7-16/h2-6,10-13,15-20H,7H2,1H3/b14-6+. The smallest absolute Gasteiger partial charge is 0.166 e.